The summed E-state index contributed by atoms with van der Waals surface area (Å²) >= 11 is 0. The van der Waals surface area contributed by atoms with Gasteiger partial charge in [0.25, 0.3) is 0 Å². The topological polar surface area (TPSA) is 52.5 Å². The van der Waals surface area contributed by atoms with E-state index in [9.17, 15) is 5.11 Å². The summed E-state index contributed by atoms with van der Waals surface area (Å²) in [7, 11) is 0. The molecule has 3 N–H and O–H groups in total. The van der Waals surface area contributed by atoms with Gasteiger partial charge in [-0.15, -0.1) is 0 Å². The van der Waals surface area contributed by atoms with Crippen LogP contribution in [-0.4, -0.2) is 34.5 Å². The highest BCUT2D eigenvalue weighted by Gasteiger charge is 2.43. The number of hydrogen-bond acceptors (Lipinski definition) is 3. The lowest BCUT2D eigenvalue weighted by Gasteiger charge is -2.33. The monoisotopic (exact) mass is 199 g/mol. The standard InChI is InChI=1S/C11H21NO2/c13-9-10(6-7-10)12-8-11(14)4-2-1-3-5-11/h12-14H,1-9H2. The molecular formula is C11H21NO2. The van der Waals surface area contributed by atoms with E-state index in [0.29, 0.717) is 6.54 Å². The zero-order chi connectivity index (χ0) is 10.1. The van der Waals surface area contributed by atoms with Gasteiger partial charge in [0.05, 0.1) is 12.2 Å². The van der Waals surface area contributed by atoms with Crippen molar-refractivity contribution < 1.29 is 10.2 Å². The van der Waals surface area contributed by atoms with Gasteiger partial charge in [0.15, 0.2) is 0 Å². The number of rotatable bonds is 4. The fourth-order valence-electron chi connectivity index (χ4n) is 2.28. The molecule has 82 valence electrons. The van der Waals surface area contributed by atoms with Gasteiger partial charge in [0, 0.05) is 12.1 Å². The first kappa shape index (κ1) is 10.4. The molecule has 2 saturated carbocycles. The minimum Gasteiger partial charge on any atom is -0.394 e. The van der Waals surface area contributed by atoms with E-state index in [1.807, 2.05) is 0 Å². The summed E-state index contributed by atoms with van der Waals surface area (Å²) in [6.45, 7) is 0.872. The highest BCUT2D eigenvalue weighted by atomic mass is 16.3. The quantitative estimate of drug-likeness (QED) is 0.627. The van der Waals surface area contributed by atoms with Gasteiger partial charge in [-0.05, 0) is 25.7 Å². The summed E-state index contributed by atoms with van der Waals surface area (Å²) in [6, 6.07) is 0. The lowest BCUT2D eigenvalue weighted by molar-refractivity contribution is -0.0000558. The van der Waals surface area contributed by atoms with E-state index in [2.05, 4.69) is 5.32 Å². The normalized spacial score (nSPS) is 28.7. The molecule has 0 bridgehead atoms. The van der Waals surface area contributed by atoms with Gasteiger partial charge >= 0.3 is 0 Å². The van der Waals surface area contributed by atoms with Crippen LogP contribution >= 0.6 is 0 Å². The van der Waals surface area contributed by atoms with E-state index < -0.39 is 5.60 Å². The average Bonchev–Trinajstić information content (AvgIpc) is 2.97. The van der Waals surface area contributed by atoms with Crippen molar-refractivity contribution in [3.63, 3.8) is 0 Å². The largest absolute Gasteiger partial charge is 0.394 e. The summed E-state index contributed by atoms with van der Waals surface area (Å²) < 4.78 is 0. The zero-order valence-corrected chi connectivity index (χ0v) is 8.76. The molecule has 0 heterocycles. The Bertz CT molecular complexity index is 195. The van der Waals surface area contributed by atoms with Crippen molar-refractivity contribution in [2.24, 2.45) is 0 Å². The van der Waals surface area contributed by atoms with Crippen LogP contribution in [0.15, 0.2) is 0 Å². The molecule has 2 aliphatic rings. The molecule has 2 rings (SSSR count). The van der Waals surface area contributed by atoms with Crippen LogP contribution in [-0.2, 0) is 0 Å². The first-order valence-electron chi connectivity index (χ1n) is 5.76. The van der Waals surface area contributed by atoms with E-state index in [4.69, 9.17) is 5.11 Å². The van der Waals surface area contributed by atoms with Crippen molar-refractivity contribution >= 4 is 0 Å². The number of hydrogen-bond donors (Lipinski definition) is 3. The van der Waals surface area contributed by atoms with Crippen molar-refractivity contribution in [2.75, 3.05) is 13.2 Å². The molecule has 0 aromatic carbocycles. The van der Waals surface area contributed by atoms with Gasteiger partial charge in [0.1, 0.15) is 0 Å². The van der Waals surface area contributed by atoms with Gasteiger partial charge in [0.2, 0.25) is 0 Å². The number of β-amino-alcohol motifs (C(OH)–C–C–N with tert-alkyl or cyclic N) is 1. The average molecular weight is 199 g/mol. The molecule has 14 heavy (non-hydrogen) atoms. The fraction of sp³-hybridized carbons (Fsp3) is 1.00. The van der Waals surface area contributed by atoms with E-state index in [0.717, 1.165) is 38.5 Å². The Morgan fingerprint density at radius 1 is 1.00 bits per heavy atom. The van der Waals surface area contributed by atoms with Crippen LogP contribution in [0.1, 0.15) is 44.9 Å². The maximum absolute atomic E-state index is 10.2. The van der Waals surface area contributed by atoms with Crippen LogP contribution in [0.4, 0.5) is 0 Å². The third-order valence-corrected chi connectivity index (χ3v) is 3.73. The lowest BCUT2D eigenvalue weighted by atomic mass is 9.84. The second-order valence-corrected chi connectivity index (χ2v) is 5.08. The molecule has 0 aromatic heterocycles. The molecule has 0 aromatic rings. The molecule has 3 nitrogen and oxygen atoms in total. The van der Waals surface area contributed by atoms with E-state index in [-0.39, 0.29) is 12.1 Å². The molecule has 2 fully saturated rings. The highest BCUT2D eigenvalue weighted by Crippen LogP contribution is 2.36. The number of aliphatic hydroxyl groups excluding tert-OH is 1. The zero-order valence-electron chi connectivity index (χ0n) is 8.76. The van der Waals surface area contributed by atoms with Crippen LogP contribution in [0, 0.1) is 0 Å². The van der Waals surface area contributed by atoms with Crippen LogP contribution in [0.2, 0.25) is 0 Å². The molecule has 0 amide bonds. The van der Waals surface area contributed by atoms with Gasteiger partial charge in [-0.3, -0.25) is 0 Å². The Balaban J connectivity index is 1.78. The van der Waals surface area contributed by atoms with Gasteiger partial charge < -0.3 is 15.5 Å². The smallest absolute Gasteiger partial charge is 0.0771 e. The predicted molar refractivity (Wildman–Crippen MR) is 55.1 cm³/mol. The van der Waals surface area contributed by atoms with Crippen LogP contribution in [0.25, 0.3) is 0 Å². The SMILES string of the molecule is OCC1(NCC2(O)CCCCC2)CC1. The fourth-order valence-corrected chi connectivity index (χ4v) is 2.28. The summed E-state index contributed by atoms with van der Waals surface area (Å²) in [4.78, 5) is 0. The Kier molecular flexibility index (Phi) is 2.82. The van der Waals surface area contributed by atoms with Crippen LogP contribution in [0.5, 0.6) is 0 Å². The third-order valence-electron chi connectivity index (χ3n) is 3.73. The summed E-state index contributed by atoms with van der Waals surface area (Å²) in [5.41, 5.74) is -0.532. The molecule has 0 spiro atoms. The number of aliphatic hydroxyl groups is 2. The first-order chi connectivity index (χ1) is 6.68. The Hall–Kier alpha value is -0.120. The maximum Gasteiger partial charge on any atom is 0.0771 e. The molecular weight excluding hydrogens is 178 g/mol. The van der Waals surface area contributed by atoms with Crippen LogP contribution < -0.4 is 5.32 Å². The summed E-state index contributed by atoms with van der Waals surface area (Å²) in [6.07, 6.45) is 7.49. The van der Waals surface area contributed by atoms with Crippen molar-refractivity contribution in [2.45, 2.75) is 56.1 Å². The Morgan fingerprint density at radius 3 is 2.14 bits per heavy atom. The molecule has 0 unspecified atom stereocenters. The summed E-state index contributed by atoms with van der Waals surface area (Å²) in [5, 5.41) is 22.7. The van der Waals surface area contributed by atoms with Gasteiger partial charge in [-0.2, -0.15) is 0 Å². The minimum absolute atomic E-state index is 0.0345. The van der Waals surface area contributed by atoms with Gasteiger partial charge in [-0.1, -0.05) is 19.3 Å². The predicted octanol–water partition coefficient (Wildman–Crippen LogP) is 0.796. The summed E-state index contributed by atoms with van der Waals surface area (Å²) in [5.74, 6) is 0. The molecule has 0 radical (unpaired) electrons. The lowest BCUT2D eigenvalue weighted by Crippen LogP contribution is -2.47. The van der Waals surface area contributed by atoms with Crippen molar-refractivity contribution in [3.05, 3.63) is 0 Å². The highest BCUT2D eigenvalue weighted by molar-refractivity contribution is 5.03. The molecule has 0 atom stereocenters. The minimum atomic E-state index is -0.497. The number of nitrogens with one attached hydrogen (secondary N) is 1. The van der Waals surface area contributed by atoms with E-state index >= 15 is 0 Å². The van der Waals surface area contributed by atoms with Crippen molar-refractivity contribution in [1.82, 2.24) is 5.32 Å². The van der Waals surface area contributed by atoms with E-state index in [1.54, 1.807) is 0 Å². The molecule has 2 aliphatic carbocycles. The second-order valence-electron chi connectivity index (χ2n) is 5.08. The molecule has 3 heteroatoms. The third kappa shape index (κ3) is 2.27. The van der Waals surface area contributed by atoms with Crippen molar-refractivity contribution in [1.29, 1.82) is 0 Å². The maximum atomic E-state index is 10.2. The Morgan fingerprint density at radius 2 is 1.64 bits per heavy atom. The van der Waals surface area contributed by atoms with E-state index in [1.165, 1.54) is 6.42 Å². The Labute approximate surface area is 85.5 Å². The molecule has 0 saturated heterocycles. The van der Waals surface area contributed by atoms with Crippen molar-refractivity contribution in [3.8, 4) is 0 Å². The van der Waals surface area contributed by atoms with Gasteiger partial charge in [-0.25, -0.2) is 0 Å². The van der Waals surface area contributed by atoms with Crippen LogP contribution in [0.3, 0.4) is 0 Å². The second kappa shape index (κ2) is 3.80. The first-order valence-corrected chi connectivity index (χ1v) is 5.76. The molecule has 0 aliphatic heterocycles.